The van der Waals surface area contributed by atoms with Crippen LogP contribution in [-0.2, 0) is 0 Å². The van der Waals surface area contributed by atoms with Crippen LogP contribution in [-0.4, -0.2) is 48.2 Å². The number of benzene rings is 2. The summed E-state index contributed by atoms with van der Waals surface area (Å²) in [5.41, 5.74) is 0.286. The highest BCUT2D eigenvalue weighted by Crippen LogP contribution is 2.40. The number of carboxylic acid groups (broad SMARTS) is 2. The van der Waals surface area contributed by atoms with Gasteiger partial charge >= 0.3 is 5.97 Å². The highest BCUT2D eigenvalue weighted by atomic mass is 33.1. The van der Waals surface area contributed by atoms with Crippen LogP contribution in [0.15, 0.2) is 58.3 Å². The molecule has 0 amide bonds. The van der Waals surface area contributed by atoms with Crippen molar-refractivity contribution in [3.8, 4) is 0 Å². The monoisotopic (exact) mass is 505 g/mol. The molecule has 0 spiro atoms. The number of rotatable bonds is 14. The topological polar surface area (TPSA) is 77.4 Å². The lowest BCUT2D eigenvalue weighted by atomic mass is 10.2. The van der Waals surface area contributed by atoms with E-state index in [0.29, 0.717) is 9.79 Å². The predicted octanol–water partition coefficient (Wildman–Crippen LogP) is 6.38. The Bertz CT molecular complexity index is 809. The summed E-state index contributed by atoms with van der Waals surface area (Å²) in [7, 11) is 4.84. The van der Waals surface area contributed by atoms with Crippen molar-refractivity contribution in [2.24, 2.45) is 0 Å². The average molecular weight is 506 g/mol. The fourth-order valence-corrected chi connectivity index (χ4v) is 5.81. The van der Waals surface area contributed by atoms with Crippen molar-refractivity contribution >= 4 is 33.5 Å². The van der Waals surface area contributed by atoms with Gasteiger partial charge in [0.25, 0.3) is 0 Å². The molecule has 0 aliphatic carbocycles. The lowest BCUT2D eigenvalue weighted by Crippen LogP contribution is -2.46. The predicted molar refractivity (Wildman–Crippen MR) is 141 cm³/mol. The van der Waals surface area contributed by atoms with Gasteiger partial charge in [-0.3, -0.25) is 0 Å². The normalized spacial score (nSPS) is 10.9. The van der Waals surface area contributed by atoms with Crippen LogP contribution in [0.3, 0.4) is 0 Å². The third-order valence-corrected chi connectivity index (χ3v) is 8.08. The molecular formula is C27H39NO4S2. The molecule has 0 heterocycles. The number of carboxylic acids is 2. The Labute approximate surface area is 212 Å². The Morgan fingerprint density at radius 1 is 0.765 bits per heavy atom. The summed E-state index contributed by atoms with van der Waals surface area (Å²) in [4.78, 5) is 23.2. The smallest absolute Gasteiger partial charge is 0.336 e. The molecule has 0 fully saturated rings. The van der Waals surface area contributed by atoms with Crippen LogP contribution in [0.1, 0.15) is 80.0 Å². The van der Waals surface area contributed by atoms with E-state index in [2.05, 4.69) is 27.8 Å². The molecule has 2 aromatic rings. The first-order valence-electron chi connectivity index (χ1n) is 12.1. The lowest BCUT2D eigenvalue weighted by Gasteiger charge is -2.34. The molecule has 1 N–H and O–H groups in total. The molecule has 0 aliphatic heterocycles. The van der Waals surface area contributed by atoms with Gasteiger partial charge in [0.2, 0.25) is 0 Å². The molecule has 2 rings (SSSR count). The minimum absolute atomic E-state index is 0.0952. The summed E-state index contributed by atoms with van der Waals surface area (Å²) in [6.07, 6.45) is 8.20. The third-order valence-electron chi connectivity index (χ3n) is 5.60. The van der Waals surface area contributed by atoms with E-state index < -0.39 is 11.9 Å². The summed E-state index contributed by atoms with van der Waals surface area (Å²) in [5, 5.41) is 20.1. The van der Waals surface area contributed by atoms with Crippen LogP contribution in [0.5, 0.6) is 0 Å². The van der Waals surface area contributed by atoms with Gasteiger partial charge in [-0.2, -0.15) is 0 Å². The first-order valence-corrected chi connectivity index (χ1v) is 14.2. The maximum absolute atomic E-state index is 11.1. The van der Waals surface area contributed by atoms with Crippen LogP contribution < -0.4 is 5.11 Å². The van der Waals surface area contributed by atoms with Gasteiger partial charge in [-0.15, -0.1) is 0 Å². The van der Waals surface area contributed by atoms with Crippen molar-refractivity contribution < 1.29 is 24.3 Å². The van der Waals surface area contributed by atoms with E-state index in [4.69, 9.17) is 5.11 Å². The van der Waals surface area contributed by atoms with Crippen molar-refractivity contribution in [3.05, 3.63) is 59.7 Å². The Kier molecular flexibility index (Phi) is 14.7. The lowest BCUT2D eigenvalue weighted by molar-refractivity contribution is -0.910. The number of aromatic carboxylic acids is 2. The zero-order chi connectivity index (χ0) is 25.4. The third kappa shape index (κ3) is 11.0. The first-order chi connectivity index (χ1) is 16.3. The molecule has 5 nitrogen and oxygen atoms in total. The number of nitrogens with zero attached hydrogens (tertiary/aromatic N) is 1. The van der Waals surface area contributed by atoms with E-state index in [-0.39, 0.29) is 11.1 Å². The number of unbranched alkanes of at least 4 members (excludes halogenated alkanes) is 3. The van der Waals surface area contributed by atoms with Gasteiger partial charge in [0.1, 0.15) is 0 Å². The Morgan fingerprint density at radius 3 is 1.53 bits per heavy atom. The van der Waals surface area contributed by atoms with E-state index in [9.17, 15) is 14.7 Å². The van der Waals surface area contributed by atoms with Gasteiger partial charge in [0, 0.05) is 15.4 Å². The zero-order valence-electron chi connectivity index (χ0n) is 20.9. The summed E-state index contributed by atoms with van der Waals surface area (Å²) in [6, 6.07) is 13.0. The molecule has 0 saturated heterocycles. The van der Waals surface area contributed by atoms with Crippen LogP contribution in [0.25, 0.3) is 0 Å². The first kappa shape index (κ1) is 30.1. The highest BCUT2D eigenvalue weighted by molar-refractivity contribution is 8.76. The fraction of sp³-hybridized carbons (Fsp3) is 0.481. The molecule has 2 aromatic carbocycles. The van der Waals surface area contributed by atoms with Gasteiger partial charge in [-0.1, -0.05) is 92.0 Å². The zero-order valence-corrected chi connectivity index (χ0v) is 22.6. The van der Waals surface area contributed by atoms with Crippen molar-refractivity contribution in [2.45, 2.75) is 69.1 Å². The molecule has 7 heteroatoms. The van der Waals surface area contributed by atoms with E-state index in [1.807, 2.05) is 0 Å². The van der Waals surface area contributed by atoms with Crippen molar-refractivity contribution in [1.29, 1.82) is 0 Å². The second-order valence-electron chi connectivity index (χ2n) is 8.60. The number of carbonyl (C=O) groups is 2. The molecule has 188 valence electrons. The summed E-state index contributed by atoms with van der Waals surface area (Å²) < 4.78 is 1.32. The van der Waals surface area contributed by atoms with Crippen LogP contribution in [0.4, 0.5) is 0 Å². The molecule has 0 bridgehead atoms. The maximum Gasteiger partial charge on any atom is 0.336 e. The molecule has 0 atom stereocenters. The number of quaternary nitrogens is 1. The summed E-state index contributed by atoms with van der Waals surface area (Å²) >= 11 is 0. The molecule has 0 aromatic heterocycles. The van der Waals surface area contributed by atoms with Crippen LogP contribution in [0, 0.1) is 0 Å². The van der Waals surface area contributed by atoms with E-state index in [1.54, 1.807) is 36.4 Å². The minimum Gasteiger partial charge on any atom is -0.545 e. The van der Waals surface area contributed by atoms with Crippen LogP contribution in [0.2, 0.25) is 0 Å². The number of hydrogen-bond donors (Lipinski definition) is 1. The van der Waals surface area contributed by atoms with E-state index in [0.717, 1.165) is 0 Å². The van der Waals surface area contributed by atoms with Crippen molar-refractivity contribution in [3.63, 3.8) is 0 Å². The molecule has 0 radical (unpaired) electrons. The van der Waals surface area contributed by atoms with Gasteiger partial charge in [-0.25, -0.2) is 4.79 Å². The van der Waals surface area contributed by atoms with Crippen molar-refractivity contribution in [2.75, 3.05) is 26.7 Å². The SMILES string of the molecule is CCCC[N+](C)(CCCC)CCCC.O=C([O-])c1ccccc1SSc1ccccc1C(=O)O. The van der Waals surface area contributed by atoms with E-state index in [1.165, 1.54) is 96.4 Å². The highest BCUT2D eigenvalue weighted by Gasteiger charge is 2.18. The second kappa shape index (κ2) is 16.6. The Hall–Kier alpha value is -1.96. The summed E-state index contributed by atoms with van der Waals surface area (Å²) in [5.74, 6) is -2.26. The number of hydrogen-bond acceptors (Lipinski definition) is 5. The molecule has 0 unspecified atom stereocenters. The second-order valence-corrected chi connectivity index (χ2v) is 10.8. The fourth-order valence-electron chi connectivity index (χ4n) is 3.47. The largest absolute Gasteiger partial charge is 0.545 e. The summed E-state index contributed by atoms with van der Waals surface area (Å²) in [6.45, 7) is 11.0. The minimum atomic E-state index is -1.25. The van der Waals surface area contributed by atoms with E-state index >= 15 is 0 Å². The quantitative estimate of drug-likeness (QED) is 0.237. The standard InChI is InChI=1S/C14H10O4S2.C13H30N/c15-13(16)9-5-1-3-7-11(9)19-20-12-8-4-2-6-10(12)14(17)18;1-5-8-11-14(4,12-9-6-2)13-10-7-3/h1-8H,(H,15,16)(H,17,18);5-13H2,1-4H3/q;+1/p-1. The van der Waals surface area contributed by atoms with Gasteiger partial charge in [0.15, 0.2) is 0 Å². The maximum atomic E-state index is 11.1. The van der Waals surface area contributed by atoms with Crippen LogP contribution >= 0.6 is 21.6 Å². The van der Waals surface area contributed by atoms with Gasteiger partial charge < -0.3 is 19.5 Å². The Morgan fingerprint density at radius 2 is 1.15 bits per heavy atom. The molecule has 0 aliphatic rings. The van der Waals surface area contributed by atoms with Crippen molar-refractivity contribution in [1.82, 2.24) is 0 Å². The molecule has 34 heavy (non-hydrogen) atoms. The average Bonchev–Trinajstić information content (AvgIpc) is 2.84. The molecule has 0 saturated carbocycles. The van der Waals surface area contributed by atoms with Gasteiger partial charge in [-0.05, 0) is 37.5 Å². The Balaban J connectivity index is 0.000000365. The van der Waals surface area contributed by atoms with Gasteiger partial charge in [0.05, 0.1) is 38.2 Å². The number of carbonyl (C=O) groups excluding carboxylic acids is 1. The molecular weight excluding hydrogens is 466 g/mol.